The van der Waals surface area contributed by atoms with E-state index in [4.69, 9.17) is 0 Å². The number of thioether (sulfide) groups is 1. The fourth-order valence-corrected chi connectivity index (χ4v) is 0.485. The predicted octanol–water partition coefficient (Wildman–Crippen LogP) is 1.64. The molecule has 0 spiro atoms. The van der Waals surface area contributed by atoms with Crippen LogP contribution in [0.4, 0.5) is 4.39 Å². The van der Waals surface area contributed by atoms with E-state index in [0.29, 0.717) is 5.94 Å². The molecule has 1 unspecified atom stereocenters. The van der Waals surface area contributed by atoms with Crippen LogP contribution in [0.3, 0.4) is 0 Å². The van der Waals surface area contributed by atoms with E-state index >= 15 is 0 Å². The summed E-state index contributed by atoms with van der Waals surface area (Å²) >= 11 is 1.47. The quantitative estimate of drug-likeness (QED) is 0.529. The van der Waals surface area contributed by atoms with E-state index in [0.717, 1.165) is 0 Å². The van der Waals surface area contributed by atoms with Crippen LogP contribution in [0.15, 0.2) is 0 Å². The molecule has 0 fully saturated rings. The highest BCUT2D eigenvalue weighted by Crippen LogP contribution is 1.97. The molecule has 44 valence electrons. The molecule has 1 atom stereocenters. The van der Waals surface area contributed by atoms with E-state index in [1.54, 1.807) is 0 Å². The Balaban J connectivity index is 2.68. The van der Waals surface area contributed by atoms with Gasteiger partial charge in [0.25, 0.3) is 0 Å². The molecule has 3 heteroatoms. The molecule has 0 aliphatic rings. The van der Waals surface area contributed by atoms with E-state index in [2.05, 4.69) is 4.74 Å². The van der Waals surface area contributed by atoms with E-state index in [1.807, 2.05) is 6.26 Å². The lowest BCUT2D eigenvalue weighted by molar-refractivity contribution is 0.00228. The molecular formula is C4H9FOS. The lowest BCUT2D eigenvalue weighted by Gasteiger charge is -1.98. The summed E-state index contributed by atoms with van der Waals surface area (Å²) < 4.78 is 16.1. The normalized spacial score (nSPS) is 14.1. The zero-order valence-corrected chi connectivity index (χ0v) is 5.30. The van der Waals surface area contributed by atoms with Crippen molar-refractivity contribution in [2.24, 2.45) is 0 Å². The molecule has 0 heterocycles. The van der Waals surface area contributed by atoms with E-state index in [-0.39, 0.29) is 0 Å². The molecule has 0 bridgehead atoms. The number of halogens is 1. The molecule has 0 N–H and O–H groups in total. The van der Waals surface area contributed by atoms with Crippen LogP contribution in [0.2, 0.25) is 0 Å². The van der Waals surface area contributed by atoms with Gasteiger partial charge in [0.2, 0.25) is 0 Å². The van der Waals surface area contributed by atoms with Crippen LogP contribution < -0.4 is 0 Å². The Morgan fingerprint density at radius 1 is 1.86 bits per heavy atom. The van der Waals surface area contributed by atoms with Crippen molar-refractivity contribution in [2.45, 2.75) is 13.3 Å². The lowest BCUT2D eigenvalue weighted by Crippen LogP contribution is -1.98. The van der Waals surface area contributed by atoms with Gasteiger partial charge in [-0.25, -0.2) is 4.39 Å². The molecule has 0 aliphatic heterocycles. The maximum atomic E-state index is 11.7. The average molecular weight is 124 g/mol. The Morgan fingerprint density at radius 3 is 2.57 bits per heavy atom. The second-order valence-electron chi connectivity index (χ2n) is 1.12. The van der Waals surface area contributed by atoms with Gasteiger partial charge in [-0.2, -0.15) is 0 Å². The van der Waals surface area contributed by atoms with Gasteiger partial charge in [0.15, 0.2) is 6.36 Å². The minimum atomic E-state index is -1.12. The van der Waals surface area contributed by atoms with E-state index < -0.39 is 6.36 Å². The van der Waals surface area contributed by atoms with Crippen LogP contribution in [-0.4, -0.2) is 18.6 Å². The molecule has 7 heavy (non-hydrogen) atoms. The topological polar surface area (TPSA) is 9.23 Å². The number of hydrogen-bond acceptors (Lipinski definition) is 2. The first-order valence-electron chi connectivity index (χ1n) is 2.02. The summed E-state index contributed by atoms with van der Waals surface area (Å²) in [6, 6.07) is 0. The summed E-state index contributed by atoms with van der Waals surface area (Å²) in [6.07, 6.45) is 0.745. The molecule has 0 amide bonds. The highest BCUT2D eigenvalue weighted by molar-refractivity contribution is 7.98. The third-order valence-electron chi connectivity index (χ3n) is 0.416. The smallest absolute Gasteiger partial charge is 0.196 e. The minimum absolute atomic E-state index is 0.442. The summed E-state index contributed by atoms with van der Waals surface area (Å²) in [5.41, 5.74) is 0. The average Bonchev–Trinajstić information content (AvgIpc) is 1.61. The Labute approximate surface area is 47.2 Å². The fraction of sp³-hybridized carbons (Fsp3) is 1.00. The Morgan fingerprint density at radius 2 is 2.43 bits per heavy atom. The second kappa shape index (κ2) is 4.40. The molecule has 0 saturated heterocycles. The molecule has 0 rings (SSSR count). The van der Waals surface area contributed by atoms with Crippen molar-refractivity contribution in [1.29, 1.82) is 0 Å². The monoisotopic (exact) mass is 124 g/mol. The molecule has 0 saturated carbocycles. The summed E-state index contributed by atoms with van der Waals surface area (Å²) in [5.74, 6) is 0.442. The van der Waals surface area contributed by atoms with Gasteiger partial charge >= 0.3 is 0 Å². The van der Waals surface area contributed by atoms with Gasteiger partial charge in [-0.15, -0.1) is 11.8 Å². The summed E-state index contributed by atoms with van der Waals surface area (Å²) in [7, 11) is 0. The van der Waals surface area contributed by atoms with Gasteiger partial charge in [-0.05, 0) is 13.2 Å². The van der Waals surface area contributed by atoms with Crippen molar-refractivity contribution in [3.05, 3.63) is 0 Å². The van der Waals surface area contributed by atoms with Crippen LogP contribution in [0.5, 0.6) is 0 Å². The molecule has 0 aromatic heterocycles. The van der Waals surface area contributed by atoms with Gasteiger partial charge in [0, 0.05) is 0 Å². The largest absolute Gasteiger partial charge is 0.338 e. The predicted molar refractivity (Wildman–Crippen MR) is 30.0 cm³/mol. The van der Waals surface area contributed by atoms with E-state index in [9.17, 15) is 4.39 Å². The van der Waals surface area contributed by atoms with Crippen molar-refractivity contribution in [3.8, 4) is 0 Å². The minimum Gasteiger partial charge on any atom is -0.338 e. The lowest BCUT2D eigenvalue weighted by atomic mass is 10.8. The van der Waals surface area contributed by atoms with Crippen molar-refractivity contribution in [3.63, 3.8) is 0 Å². The molecular weight excluding hydrogens is 115 g/mol. The molecule has 0 radical (unpaired) electrons. The highest BCUT2D eigenvalue weighted by atomic mass is 32.2. The second-order valence-corrected chi connectivity index (χ2v) is 1.93. The van der Waals surface area contributed by atoms with Crippen LogP contribution >= 0.6 is 11.8 Å². The highest BCUT2D eigenvalue weighted by Gasteiger charge is 1.91. The summed E-state index contributed by atoms with van der Waals surface area (Å²) in [5, 5.41) is 0. The maximum Gasteiger partial charge on any atom is 0.196 e. The Bertz CT molecular complexity index is 40.7. The zero-order chi connectivity index (χ0) is 5.70. The summed E-state index contributed by atoms with van der Waals surface area (Å²) in [4.78, 5) is 0. The van der Waals surface area contributed by atoms with Crippen LogP contribution in [0.25, 0.3) is 0 Å². The standard InChI is InChI=1S/C4H9FOS/c1-4(5)6-3-7-2/h4H,3H2,1-2H3. The first-order chi connectivity index (χ1) is 3.27. The Kier molecular flexibility index (Phi) is 4.55. The summed E-state index contributed by atoms with van der Waals surface area (Å²) in [6.45, 7) is 1.37. The van der Waals surface area contributed by atoms with Gasteiger partial charge in [-0.3, -0.25) is 0 Å². The molecule has 1 nitrogen and oxygen atoms in total. The SMILES string of the molecule is CSCOC(C)F. The van der Waals surface area contributed by atoms with Gasteiger partial charge in [0.05, 0.1) is 5.94 Å². The van der Waals surface area contributed by atoms with Crippen molar-refractivity contribution in [2.75, 3.05) is 12.2 Å². The third-order valence-corrected chi connectivity index (χ3v) is 0.787. The van der Waals surface area contributed by atoms with Crippen molar-refractivity contribution < 1.29 is 9.13 Å². The van der Waals surface area contributed by atoms with Gasteiger partial charge in [-0.1, -0.05) is 0 Å². The molecule has 0 aromatic carbocycles. The Hall–Kier alpha value is 0.240. The first kappa shape index (κ1) is 7.24. The first-order valence-corrected chi connectivity index (χ1v) is 3.41. The van der Waals surface area contributed by atoms with E-state index in [1.165, 1.54) is 18.7 Å². The number of ether oxygens (including phenoxy) is 1. The molecule has 0 aliphatic carbocycles. The number of hydrogen-bond donors (Lipinski definition) is 0. The number of alkyl halides is 1. The van der Waals surface area contributed by atoms with Crippen LogP contribution in [0.1, 0.15) is 6.92 Å². The van der Waals surface area contributed by atoms with Gasteiger partial charge < -0.3 is 4.74 Å². The van der Waals surface area contributed by atoms with Crippen LogP contribution in [-0.2, 0) is 4.74 Å². The number of rotatable bonds is 3. The van der Waals surface area contributed by atoms with Gasteiger partial charge in [0.1, 0.15) is 0 Å². The van der Waals surface area contributed by atoms with Crippen molar-refractivity contribution in [1.82, 2.24) is 0 Å². The molecule has 0 aromatic rings. The van der Waals surface area contributed by atoms with Crippen molar-refractivity contribution >= 4 is 11.8 Å². The third kappa shape index (κ3) is 6.24. The van der Waals surface area contributed by atoms with Crippen LogP contribution in [0, 0.1) is 0 Å². The fourth-order valence-electron chi connectivity index (χ4n) is 0.162. The maximum absolute atomic E-state index is 11.7. The zero-order valence-electron chi connectivity index (χ0n) is 4.48.